The summed E-state index contributed by atoms with van der Waals surface area (Å²) in [5.41, 5.74) is 2.07. The van der Waals surface area contributed by atoms with Crippen LogP contribution in [0, 0.1) is 11.3 Å². The molecule has 0 radical (unpaired) electrons. The second-order valence-electron chi connectivity index (χ2n) is 4.91. The summed E-state index contributed by atoms with van der Waals surface area (Å²) in [5.74, 6) is 0.375. The van der Waals surface area contributed by atoms with Crippen LogP contribution in [0.15, 0.2) is 48.5 Å². The maximum absolute atomic E-state index is 12.2. The van der Waals surface area contributed by atoms with E-state index in [0.29, 0.717) is 17.0 Å². The van der Waals surface area contributed by atoms with Crippen molar-refractivity contribution in [2.24, 2.45) is 0 Å². The molecule has 2 aromatic rings. The molecule has 0 aliphatic carbocycles. The Morgan fingerprint density at radius 1 is 1.27 bits per heavy atom. The van der Waals surface area contributed by atoms with Gasteiger partial charge < -0.3 is 10.1 Å². The van der Waals surface area contributed by atoms with Gasteiger partial charge in [0.2, 0.25) is 0 Å². The zero-order chi connectivity index (χ0) is 15.9. The van der Waals surface area contributed by atoms with Crippen molar-refractivity contribution in [2.75, 3.05) is 5.32 Å². The first kappa shape index (κ1) is 15.6. The summed E-state index contributed by atoms with van der Waals surface area (Å²) in [6, 6.07) is 16.6. The van der Waals surface area contributed by atoms with E-state index in [2.05, 4.69) is 12.2 Å². The number of anilines is 1. The molecule has 0 bridgehead atoms. The van der Waals surface area contributed by atoms with Crippen molar-refractivity contribution in [2.45, 2.75) is 26.4 Å². The van der Waals surface area contributed by atoms with Gasteiger partial charge in [-0.05, 0) is 43.2 Å². The molecule has 4 heteroatoms. The largest absolute Gasteiger partial charge is 0.481 e. The number of nitriles is 1. The lowest BCUT2D eigenvalue weighted by atomic mass is 10.1. The van der Waals surface area contributed by atoms with Crippen molar-refractivity contribution in [3.8, 4) is 11.8 Å². The van der Waals surface area contributed by atoms with Crippen LogP contribution in [0.4, 0.5) is 5.69 Å². The van der Waals surface area contributed by atoms with Gasteiger partial charge in [-0.15, -0.1) is 0 Å². The Morgan fingerprint density at radius 2 is 2.05 bits per heavy atom. The third kappa shape index (κ3) is 3.86. The molecule has 2 rings (SSSR count). The molecule has 0 saturated heterocycles. The van der Waals surface area contributed by atoms with Crippen molar-refractivity contribution >= 4 is 11.6 Å². The SMILES string of the molecule is CCc1cccc(O[C@@H](C)C(=O)Nc2ccccc2C#N)c1. The van der Waals surface area contributed by atoms with Gasteiger partial charge in [0.05, 0.1) is 11.3 Å². The van der Waals surface area contributed by atoms with Crippen LogP contribution in [0.5, 0.6) is 5.75 Å². The van der Waals surface area contributed by atoms with Crippen LogP contribution in [0.3, 0.4) is 0 Å². The molecular formula is C18H18N2O2. The van der Waals surface area contributed by atoms with Crippen LogP contribution in [-0.4, -0.2) is 12.0 Å². The van der Waals surface area contributed by atoms with Gasteiger partial charge in [-0.2, -0.15) is 5.26 Å². The molecule has 112 valence electrons. The molecule has 0 aliphatic rings. The average Bonchev–Trinajstić information content (AvgIpc) is 2.55. The molecule has 0 fully saturated rings. The lowest BCUT2D eigenvalue weighted by Crippen LogP contribution is -2.30. The Hall–Kier alpha value is -2.80. The number of amides is 1. The maximum Gasteiger partial charge on any atom is 0.265 e. The van der Waals surface area contributed by atoms with Crippen molar-refractivity contribution in [3.05, 3.63) is 59.7 Å². The number of nitrogens with one attached hydrogen (secondary N) is 1. The molecule has 0 saturated carbocycles. The number of carbonyl (C=O) groups is 1. The van der Waals surface area contributed by atoms with Crippen molar-refractivity contribution in [3.63, 3.8) is 0 Å². The number of para-hydroxylation sites is 1. The first-order valence-electron chi connectivity index (χ1n) is 7.19. The van der Waals surface area contributed by atoms with E-state index in [9.17, 15) is 4.79 Å². The second-order valence-corrected chi connectivity index (χ2v) is 4.91. The molecule has 1 amide bonds. The maximum atomic E-state index is 12.2. The van der Waals surface area contributed by atoms with Crippen molar-refractivity contribution in [1.82, 2.24) is 0 Å². The fraction of sp³-hybridized carbons (Fsp3) is 0.222. The zero-order valence-electron chi connectivity index (χ0n) is 12.7. The predicted octanol–water partition coefficient (Wildman–Crippen LogP) is 3.53. The van der Waals surface area contributed by atoms with Gasteiger partial charge in [-0.3, -0.25) is 4.79 Å². The molecule has 0 spiro atoms. The van der Waals surface area contributed by atoms with Gasteiger partial charge in [0, 0.05) is 0 Å². The van der Waals surface area contributed by atoms with Gasteiger partial charge in [-0.25, -0.2) is 0 Å². The smallest absolute Gasteiger partial charge is 0.265 e. The quantitative estimate of drug-likeness (QED) is 0.917. The molecule has 0 heterocycles. The number of aryl methyl sites for hydroxylation is 1. The first-order chi connectivity index (χ1) is 10.6. The Bertz CT molecular complexity index is 704. The number of hydrogen-bond donors (Lipinski definition) is 1. The Morgan fingerprint density at radius 3 is 2.77 bits per heavy atom. The second kappa shape index (κ2) is 7.28. The normalized spacial score (nSPS) is 11.3. The highest BCUT2D eigenvalue weighted by atomic mass is 16.5. The minimum atomic E-state index is -0.654. The summed E-state index contributed by atoms with van der Waals surface area (Å²) >= 11 is 0. The molecular weight excluding hydrogens is 276 g/mol. The van der Waals surface area contributed by atoms with Gasteiger partial charge in [0.25, 0.3) is 5.91 Å². The van der Waals surface area contributed by atoms with E-state index in [-0.39, 0.29) is 5.91 Å². The van der Waals surface area contributed by atoms with Crippen LogP contribution in [0.25, 0.3) is 0 Å². The fourth-order valence-corrected chi connectivity index (χ4v) is 2.02. The van der Waals surface area contributed by atoms with E-state index < -0.39 is 6.10 Å². The molecule has 0 unspecified atom stereocenters. The van der Waals surface area contributed by atoms with E-state index >= 15 is 0 Å². The van der Waals surface area contributed by atoms with Gasteiger partial charge >= 0.3 is 0 Å². The zero-order valence-corrected chi connectivity index (χ0v) is 12.7. The third-order valence-electron chi connectivity index (χ3n) is 3.29. The number of nitrogens with zero attached hydrogens (tertiary/aromatic N) is 1. The molecule has 0 aliphatic heterocycles. The minimum absolute atomic E-state index is 0.287. The Kier molecular flexibility index (Phi) is 5.16. The van der Waals surface area contributed by atoms with Crippen molar-refractivity contribution in [1.29, 1.82) is 5.26 Å². The average molecular weight is 294 g/mol. The van der Waals surface area contributed by atoms with Crippen LogP contribution in [0.2, 0.25) is 0 Å². The summed E-state index contributed by atoms with van der Waals surface area (Å²) in [5, 5.41) is 11.8. The van der Waals surface area contributed by atoms with Crippen LogP contribution in [0.1, 0.15) is 25.0 Å². The van der Waals surface area contributed by atoms with Crippen molar-refractivity contribution < 1.29 is 9.53 Å². The van der Waals surface area contributed by atoms with Gasteiger partial charge in [0.1, 0.15) is 11.8 Å². The molecule has 1 N–H and O–H groups in total. The number of benzene rings is 2. The summed E-state index contributed by atoms with van der Waals surface area (Å²) in [7, 11) is 0. The summed E-state index contributed by atoms with van der Waals surface area (Å²) in [4.78, 5) is 12.2. The Balaban J connectivity index is 2.04. The molecule has 1 atom stereocenters. The summed E-state index contributed by atoms with van der Waals surface area (Å²) in [6.07, 6.45) is 0.256. The highest BCUT2D eigenvalue weighted by Gasteiger charge is 2.16. The van der Waals surface area contributed by atoms with E-state index in [0.717, 1.165) is 12.0 Å². The number of hydrogen-bond acceptors (Lipinski definition) is 3. The fourth-order valence-electron chi connectivity index (χ4n) is 2.02. The third-order valence-corrected chi connectivity index (χ3v) is 3.29. The lowest BCUT2D eigenvalue weighted by molar-refractivity contribution is -0.122. The molecule has 2 aromatic carbocycles. The van der Waals surface area contributed by atoms with Crippen LogP contribution < -0.4 is 10.1 Å². The molecule has 0 aromatic heterocycles. The molecule has 22 heavy (non-hydrogen) atoms. The minimum Gasteiger partial charge on any atom is -0.481 e. The number of rotatable bonds is 5. The highest BCUT2D eigenvalue weighted by molar-refractivity contribution is 5.95. The van der Waals surface area contributed by atoms with Crippen LogP contribution in [-0.2, 0) is 11.2 Å². The first-order valence-corrected chi connectivity index (χ1v) is 7.19. The van der Waals surface area contributed by atoms with E-state index in [4.69, 9.17) is 10.00 Å². The Labute approximate surface area is 130 Å². The monoisotopic (exact) mass is 294 g/mol. The van der Waals surface area contributed by atoms with E-state index in [1.807, 2.05) is 30.3 Å². The van der Waals surface area contributed by atoms with Gasteiger partial charge in [0.15, 0.2) is 6.10 Å². The lowest BCUT2D eigenvalue weighted by Gasteiger charge is -2.15. The summed E-state index contributed by atoms with van der Waals surface area (Å²) in [6.45, 7) is 3.75. The van der Waals surface area contributed by atoms with Crippen LogP contribution >= 0.6 is 0 Å². The highest BCUT2D eigenvalue weighted by Crippen LogP contribution is 2.17. The van der Waals surface area contributed by atoms with E-state index in [1.54, 1.807) is 31.2 Å². The topological polar surface area (TPSA) is 62.1 Å². The van der Waals surface area contributed by atoms with Gasteiger partial charge in [-0.1, -0.05) is 31.2 Å². The van der Waals surface area contributed by atoms with E-state index in [1.165, 1.54) is 0 Å². The standard InChI is InChI=1S/C18H18N2O2/c1-3-14-7-6-9-16(11-14)22-13(2)18(21)20-17-10-5-4-8-15(17)12-19/h4-11,13H,3H2,1-2H3,(H,20,21)/t13-/m0/s1. The predicted molar refractivity (Wildman–Crippen MR) is 85.7 cm³/mol. The summed E-state index contributed by atoms with van der Waals surface area (Å²) < 4.78 is 5.67. The molecule has 4 nitrogen and oxygen atoms in total. The number of carbonyl (C=O) groups excluding carboxylic acids is 1. The number of ether oxygens (including phenoxy) is 1.